The smallest absolute Gasteiger partial charge is 0.107 e. The molecule has 4 heteroatoms. The van der Waals surface area contributed by atoms with Gasteiger partial charge in [-0.2, -0.15) is 0 Å². The van der Waals surface area contributed by atoms with E-state index in [9.17, 15) is 0 Å². The zero-order valence-corrected chi connectivity index (χ0v) is 9.84. The number of aromatic nitrogens is 1. The Balaban J connectivity index is 2.24. The molecule has 0 saturated heterocycles. The van der Waals surface area contributed by atoms with Gasteiger partial charge in [0.25, 0.3) is 0 Å². The summed E-state index contributed by atoms with van der Waals surface area (Å²) in [4.78, 5) is 5.88. The van der Waals surface area contributed by atoms with Crippen molar-refractivity contribution in [2.24, 2.45) is 0 Å². The van der Waals surface area contributed by atoms with E-state index < -0.39 is 0 Å². The van der Waals surface area contributed by atoms with Crippen LogP contribution in [0.1, 0.15) is 9.88 Å². The second kappa shape index (κ2) is 4.21. The highest BCUT2D eigenvalue weighted by atomic mass is 32.1. The summed E-state index contributed by atoms with van der Waals surface area (Å²) in [5.74, 6) is 0. The molecule has 0 bridgehead atoms. The Kier molecular flexibility index (Phi) is 2.96. The third-order valence-electron chi connectivity index (χ3n) is 1.91. The van der Waals surface area contributed by atoms with E-state index in [0.717, 1.165) is 17.2 Å². The van der Waals surface area contributed by atoms with E-state index in [2.05, 4.69) is 34.1 Å². The minimum Gasteiger partial charge on any atom is -0.314 e. The van der Waals surface area contributed by atoms with Crippen molar-refractivity contribution in [2.45, 2.75) is 13.5 Å². The lowest BCUT2D eigenvalue weighted by Crippen LogP contribution is -2.04. The van der Waals surface area contributed by atoms with E-state index >= 15 is 0 Å². The van der Waals surface area contributed by atoms with Crippen LogP contribution in [0.5, 0.6) is 0 Å². The average Bonchev–Trinajstić information content (AvgIpc) is 2.74. The first-order chi connectivity index (χ1) is 6.79. The average molecular weight is 224 g/mol. The number of thiophene rings is 1. The molecule has 0 unspecified atom stereocenters. The maximum atomic E-state index is 4.55. The van der Waals surface area contributed by atoms with Crippen LogP contribution in [0.25, 0.3) is 11.3 Å². The predicted octanol–water partition coefficient (Wildman–Crippen LogP) is 2.90. The van der Waals surface area contributed by atoms with Crippen LogP contribution in [0.2, 0.25) is 0 Å². The van der Waals surface area contributed by atoms with Crippen LogP contribution in [0.15, 0.2) is 16.8 Å². The zero-order chi connectivity index (χ0) is 9.97. The third-order valence-corrected chi connectivity index (χ3v) is 3.62. The standard InChI is InChI=1S/C10H12N2S2/c1-7-3-8(5-13-7)9-6-14-10(12-9)4-11-2/h3,5-6,11H,4H2,1-2H3. The molecule has 2 heterocycles. The molecule has 0 aliphatic carbocycles. The van der Waals surface area contributed by atoms with Gasteiger partial charge in [0.2, 0.25) is 0 Å². The van der Waals surface area contributed by atoms with Gasteiger partial charge in [-0.25, -0.2) is 4.98 Å². The Morgan fingerprint density at radius 1 is 1.36 bits per heavy atom. The van der Waals surface area contributed by atoms with Crippen molar-refractivity contribution < 1.29 is 0 Å². The fourth-order valence-corrected chi connectivity index (χ4v) is 2.77. The summed E-state index contributed by atoms with van der Waals surface area (Å²) in [6.07, 6.45) is 0. The largest absolute Gasteiger partial charge is 0.314 e. The van der Waals surface area contributed by atoms with Crippen LogP contribution in [0, 0.1) is 6.92 Å². The lowest BCUT2D eigenvalue weighted by atomic mass is 10.2. The van der Waals surface area contributed by atoms with Gasteiger partial charge in [0.15, 0.2) is 0 Å². The van der Waals surface area contributed by atoms with Crippen LogP contribution >= 0.6 is 22.7 Å². The SMILES string of the molecule is CNCc1nc(-c2csc(C)c2)cs1. The van der Waals surface area contributed by atoms with Crippen molar-refractivity contribution >= 4 is 22.7 Å². The quantitative estimate of drug-likeness (QED) is 0.867. The normalized spacial score (nSPS) is 10.7. The van der Waals surface area contributed by atoms with Crippen molar-refractivity contribution in [2.75, 3.05) is 7.05 Å². The van der Waals surface area contributed by atoms with Crippen LogP contribution in [-0.4, -0.2) is 12.0 Å². The molecule has 2 aromatic rings. The number of hydrogen-bond donors (Lipinski definition) is 1. The number of thiazole rings is 1. The van der Waals surface area contributed by atoms with Crippen LogP contribution in [-0.2, 0) is 6.54 Å². The van der Waals surface area contributed by atoms with E-state index in [-0.39, 0.29) is 0 Å². The fourth-order valence-electron chi connectivity index (χ4n) is 1.25. The van der Waals surface area contributed by atoms with E-state index in [1.165, 1.54) is 10.4 Å². The summed E-state index contributed by atoms with van der Waals surface area (Å²) in [7, 11) is 1.94. The van der Waals surface area contributed by atoms with Crippen molar-refractivity contribution in [1.82, 2.24) is 10.3 Å². The minimum atomic E-state index is 0.855. The summed E-state index contributed by atoms with van der Waals surface area (Å²) in [5, 5.41) is 8.53. The molecule has 0 fully saturated rings. The van der Waals surface area contributed by atoms with Crippen LogP contribution in [0.3, 0.4) is 0 Å². The molecule has 0 aliphatic heterocycles. The first kappa shape index (κ1) is 9.83. The van der Waals surface area contributed by atoms with Gasteiger partial charge in [-0.05, 0) is 20.0 Å². The Morgan fingerprint density at radius 3 is 2.86 bits per heavy atom. The molecule has 2 aromatic heterocycles. The Morgan fingerprint density at radius 2 is 2.21 bits per heavy atom. The van der Waals surface area contributed by atoms with Crippen molar-refractivity contribution in [1.29, 1.82) is 0 Å². The van der Waals surface area contributed by atoms with E-state index in [4.69, 9.17) is 0 Å². The Hall–Kier alpha value is -0.710. The van der Waals surface area contributed by atoms with Gasteiger partial charge < -0.3 is 5.32 Å². The van der Waals surface area contributed by atoms with Gasteiger partial charge in [-0.3, -0.25) is 0 Å². The third kappa shape index (κ3) is 2.03. The molecule has 0 saturated carbocycles. The molecule has 1 N–H and O–H groups in total. The van der Waals surface area contributed by atoms with Gasteiger partial charge in [-0.15, -0.1) is 22.7 Å². The van der Waals surface area contributed by atoms with Crippen LogP contribution < -0.4 is 5.32 Å². The summed E-state index contributed by atoms with van der Waals surface area (Å²) in [5.41, 5.74) is 2.34. The molecule has 0 amide bonds. The molecule has 74 valence electrons. The lowest BCUT2D eigenvalue weighted by Gasteiger charge is -1.91. The molecule has 0 spiro atoms. The molecular formula is C10H12N2S2. The first-order valence-electron chi connectivity index (χ1n) is 4.44. The van der Waals surface area contributed by atoms with Gasteiger partial charge in [0.05, 0.1) is 5.69 Å². The number of rotatable bonds is 3. The monoisotopic (exact) mass is 224 g/mol. The van der Waals surface area contributed by atoms with E-state index in [1.807, 2.05) is 7.05 Å². The van der Waals surface area contributed by atoms with E-state index in [1.54, 1.807) is 22.7 Å². The summed E-state index contributed by atoms with van der Waals surface area (Å²) in [6.45, 7) is 2.98. The number of nitrogens with one attached hydrogen (secondary N) is 1. The Bertz CT molecular complexity index is 417. The highest BCUT2D eigenvalue weighted by Gasteiger charge is 2.04. The van der Waals surface area contributed by atoms with Crippen molar-refractivity contribution in [3.05, 3.63) is 26.7 Å². The van der Waals surface area contributed by atoms with Gasteiger partial charge >= 0.3 is 0 Å². The second-order valence-electron chi connectivity index (χ2n) is 3.10. The van der Waals surface area contributed by atoms with Gasteiger partial charge in [0.1, 0.15) is 5.01 Å². The number of nitrogens with zero attached hydrogens (tertiary/aromatic N) is 1. The second-order valence-corrected chi connectivity index (χ2v) is 5.16. The molecule has 0 radical (unpaired) electrons. The van der Waals surface area contributed by atoms with Crippen LogP contribution in [0.4, 0.5) is 0 Å². The summed E-state index contributed by atoms with van der Waals surface area (Å²) < 4.78 is 0. The minimum absolute atomic E-state index is 0.855. The molecule has 2 nitrogen and oxygen atoms in total. The zero-order valence-electron chi connectivity index (χ0n) is 8.20. The molecule has 0 aliphatic rings. The van der Waals surface area contributed by atoms with Crippen molar-refractivity contribution in [3.8, 4) is 11.3 Å². The van der Waals surface area contributed by atoms with Gasteiger partial charge in [0, 0.05) is 27.7 Å². The molecular weight excluding hydrogens is 212 g/mol. The summed E-state index contributed by atoms with van der Waals surface area (Å²) in [6, 6.07) is 2.18. The molecule has 14 heavy (non-hydrogen) atoms. The van der Waals surface area contributed by atoms with Gasteiger partial charge in [-0.1, -0.05) is 0 Å². The topological polar surface area (TPSA) is 24.9 Å². The lowest BCUT2D eigenvalue weighted by molar-refractivity contribution is 0.811. The highest BCUT2D eigenvalue weighted by Crippen LogP contribution is 2.26. The summed E-state index contributed by atoms with van der Waals surface area (Å²) >= 11 is 3.48. The van der Waals surface area contributed by atoms with E-state index in [0.29, 0.717) is 0 Å². The first-order valence-corrected chi connectivity index (χ1v) is 6.20. The fraction of sp³-hybridized carbons (Fsp3) is 0.300. The number of hydrogen-bond acceptors (Lipinski definition) is 4. The molecule has 0 atom stereocenters. The molecule has 0 aromatic carbocycles. The Labute approximate surface area is 91.6 Å². The molecule has 2 rings (SSSR count). The van der Waals surface area contributed by atoms with Crippen molar-refractivity contribution in [3.63, 3.8) is 0 Å². The maximum absolute atomic E-state index is 4.55. The maximum Gasteiger partial charge on any atom is 0.107 e. The highest BCUT2D eigenvalue weighted by molar-refractivity contribution is 7.11. The number of aryl methyl sites for hydroxylation is 1. The predicted molar refractivity (Wildman–Crippen MR) is 62.9 cm³/mol.